The van der Waals surface area contributed by atoms with E-state index in [9.17, 15) is 9.59 Å². The molecule has 3 aromatic rings. The molecule has 43 heavy (non-hydrogen) atoms. The monoisotopic (exact) mass is 603 g/mol. The number of nitrogens with zero attached hydrogens (tertiary/aromatic N) is 3. The van der Waals surface area contributed by atoms with Gasteiger partial charge in [-0.3, -0.25) is 9.59 Å². The Morgan fingerprint density at radius 2 is 1.72 bits per heavy atom. The number of carbonyl (C=O) groups excluding carboxylic acids is 2. The van der Waals surface area contributed by atoms with Crippen molar-refractivity contribution < 1.29 is 19.1 Å². The molecule has 2 aliphatic heterocycles. The maximum atomic E-state index is 13.9. The SMILES string of the molecule is CCC(C)Oc1cc2c(cc1OC)CC(=O)N(c1ccc(N(C)CC3CCN(C(C)=O)CC3)cc1)C2c1ccc(Cl)cc1. The molecule has 0 aliphatic carbocycles. The summed E-state index contributed by atoms with van der Waals surface area (Å²) < 4.78 is 11.9. The van der Waals surface area contributed by atoms with Gasteiger partial charge in [0.25, 0.3) is 0 Å². The second-order valence-corrected chi connectivity index (χ2v) is 12.2. The number of piperidine rings is 1. The molecule has 2 unspecified atom stereocenters. The number of carbonyl (C=O) groups is 2. The van der Waals surface area contributed by atoms with Crippen LogP contribution in [0.3, 0.4) is 0 Å². The summed E-state index contributed by atoms with van der Waals surface area (Å²) in [5.74, 6) is 2.03. The summed E-state index contributed by atoms with van der Waals surface area (Å²) in [6, 6.07) is 19.6. The third-order valence-electron chi connectivity index (χ3n) is 8.84. The molecular weight excluding hydrogens is 562 g/mol. The number of hydrogen-bond donors (Lipinski definition) is 0. The molecule has 0 aromatic heterocycles. The number of fused-ring (bicyclic) bond motifs is 1. The fraction of sp³-hybridized carbons (Fsp3) is 0.429. The van der Waals surface area contributed by atoms with Gasteiger partial charge in [0.05, 0.1) is 25.7 Å². The largest absolute Gasteiger partial charge is 0.493 e. The van der Waals surface area contributed by atoms with Crippen LogP contribution in [0.2, 0.25) is 5.02 Å². The van der Waals surface area contributed by atoms with Gasteiger partial charge < -0.3 is 24.2 Å². The number of benzene rings is 3. The third kappa shape index (κ3) is 6.77. The standard InChI is InChI=1S/C35H42ClN3O4/c1-6-23(2)43-33-21-31-27(19-32(33)42-5)20-34(41)39(35(31)26-7-9-28(36)10-8-26)30-13-11-29(12-14-30)37(4)22-25-15-17-38(18-16-25)24(3)40/h7-14,19,21,23,25,35H,6,15-18,20,22H2,1-5H3. The molecule has 2 atom stereocenters. The van der Waals surface area contributed by atoms with Crippen molar-refractivity contribution in [2.75, 3.05) is 43.6 Å². The molecule has 0 spiro atoms. The van der Waals surface area contributed by atoms with Crippen molar-refractivity contribution in [2.24, 2.45) is 5.92 Å². The molecule has 2 aliphatic rings. The normalized spacial score (nSPS) is 17.8. The predicted octanol–water partition coefficient (Wildman–Crippen LogP) is 6.90. The van der Waals surface area contributed by atoms with Crippen LogP contribution in [0, 0.1) is 5.92 Å². The maximum absolute atomic E-state index is 13.9. The summed E-state index contributed by atoms with van der Waals surface area (Å²) in [6.45, 7) is 8.35. The van der Waals surface area contributed by atoms with Crippen LogP contribution in [0.5, 0.6) is 11.5 Å². The first-order chi connectivity index (χ1) is 20.7. The number of rotatable bonds is 9. The van der Waals surface area contributed by atoms with Crippen molar-refractivity contribution >= 4 is 34.8 Å². The molecule has 2 heterocycles. The summed E-state index contributed by atoms with van der Waals surface area (Å²) in [5.41, 5.74) is 4.85. The lowest BCUT2D eigenvalue weighted by molar-refractivity contribution is -0.130. The summed E-state index contributed by atoms with van der Waals surface area (Å²) in [7, 11) is 3.74. The zero-order valence-electron chi connectivity index (χ0n) is 25.8. The smallest absolute Gasteiger partial charge is 0.232 e. The Hall–Kier alpha value is -3.71. The number of likely N-dealkylation sites (tertiary alicyclic amines) is 1. The summed E-state index contributed by atoms with van der Waals surface area (Å²) in [4.78, 5) is 31.7. The van der Waals surface area contributed by atoms with Crippen molar-refractivity contribution in [1.29, 1.82) is 0 Å². The fourth-order valence-electron chi connectivity index (χ4n) is 6.17. The second kappa shape index (κ2) is 13.3. The van der Waals surface area contributed by atoms with Crippen LogP contribution in [0.25, 0.3) is 0 Å². The molecular formula is C35H42ClN3O4. The molecule has 0 saturated carbocycles. The molecule has 0 radical (unpaired) electrons. The second-order valence-electron chi connectivity index (χ2n) is 11.8. The lowest BCUT2D eigenvalue weighted by Crippen LogP contribution is -2.41. The molecule has 0 N–H and O–H groups in total. The van der Waals surface area contributed by atoms with E-state index in [1.165, 1.54) is 0 Å². The van der Waals surface area contributed by atoms with Gasteiger partial charge in [0.1, 0.15) is 0 Å². The molecule has 2 amide bonds. The molecule has 7 nitrogen and oxygen atoms in total. The minimum Gasteiger partial charge on any atom is -0.493 e. The zero-order valence-corrected chi connectivity index (χ0v) is 26.6. The maximum Gasteiger partial charge on any atom is 0.232 e. The van der Waals surface area contributed by atoms with Gasteiger partial charge >= 0.3 is 0 Å². The minimum absolute atomic E-state index is 0.0171. The Labute approximate surface area is 260 Å². The Balaban J connectivity index is 1.45. The van der Waals surface area contributed by atoms with Gasteiger partial charge in [-0.25, -0.2) is 0 Å². The lowest BCUT2D eigenvalue weighted by atomic mass is 9.86. The number of hydrogen-bond acceptors (Lipinski definition) is 5. The molecule has 1 fully saturated rings. The summed E-state index contributed by atoms with van der Waals surface area (Å²) in [5, 5.41) is 0.646. The van der Waals surface area contributed by atoms with Gasteiger partial charge in [0.2, 0.25) is 11.8 Å². The van der Waals surface area contributed by atoms with Crippen molar-refractivity contribution in [3.8, 4) is 11.5 Å². The average molecular weight is 604 g/mol. The van der Waals surface area contributed by atoms with E-state index in [-0.39, 0.29) is 30.4 Å². The average Bonchev–Trinajstić information content (AvgIpc) is 3.01. The van der Waals surface area contributed by atoms with Crippen LogP contribution in [-0.4, -0.2) is 56.6 Å². The number of anilines is 2. The Morgan fingerprint density at radius 1 is 1.05 bits per heavy atom. The van der Waals surface area contributed by atoms with Crippen molar-refractivity contribution in [2.45, 2.75) is 58.6 Å². The van der Waals surface area contributed by atoms with E-state index in [4.69, 9.17) is 21.1 Å². The molecule has 1 saturated heterocycles. The fourth-order valence-corrected chi connectivity index (χ4v) is 6.29. The van der Waals surface area contributed by atoms with E-state index >= 15 is 0 Å². The molecule has 8 heteroatoms. The van der Waals surface area contributed by atoms with E-state index in [2.05, 4.69) is 31.0 Å². The Morgan fingerprint density at radius 3 is 2.33 bits per heavy atom. The van der Waals surface area contributed by atoms with Crippen molar-refractivity contribution in [3.63, 3.8) is 0 Å². The summed E-state index contributed by atoms with van der Waals surface area (Å²) in [6.07, 6.45) is 3.18. The number of halogens is 1. The number of ether oxygens (including phenoxy) is 2. The van der Waals surface area contributed by atoms with Gasteiger partial charge in [-0.05, 0) is 97.3 Å². The summed E-state index contributed by atoms with van der Waals surface area (Å²) >= 11 is 6.27. The van der Waals surface area contributed by atoms with E-state index in [1.54, 1.807) is 14.0 Å². The highest BCUT2D eigenvalue weighted by Gasteiger charge is 2.36. The van der Waals surface area contributed by atoms with Gasteiger partial charge in [-0.15, -0.1) is 0 Å². The predicted molar refractivity (Wildman–Crippen MR) is 173 cm³/mol. The molecule has 3 aromatic carbocycles. The molecule has 5 rings (SSSR count). The Bertz CT molecular complexity index is 1430. The van der Waals surface area contributed by atoms with Crippen LogP contribution in [0.4, 0.5) is 11.4 Å². The topological polar surface area (TPSA) is 62.3 Å². The quantitative estimate of drug-likeness (QED) is 0.266. The van der Waals surface area contributed by atoms with E-state index in [0.717, 1.165) is 67.0 Å². The minimum atomic E-state index is -0.353. The van der Waals surface area contributed by atoms with Crippen LogP contribution < -0.4 is 19.3 Å². The third-order valence-corrected chi connectivity index (χ3v) is 9.09. The van der Waals surface area contributed by atoms with Crippen LogP contribution in [0.15, 0.2) is 60.7 Å². The van der Waals surface area contributed by atoms with Gasteiger partial charge in [-0.1, -0.05) is 30.7 Å². The van der Waals surface area contributed by atoms with Gasteiger partial charge in [-0.2, -0.15) is 0 Å². The zero-order chi connectivity index (χ0) is 30.7. The van der Waals surface area contributed by atoms with Gasteiger partial charge in [0, 0.05) is 50.0 Å². The van der Waals surface area contributed by atoms with E-state index < -0.39 is 0 Å². The lowest BCUT2D eigenvalue weighted by Gasteiger charge is -2.38. The first-order valence-electron chi connectivity index (χ1n) is 15.2. The molecule has 228 valence electrons. The van der Waals surface area contributed by atoms with Crippen molar-refractivity contribution in [3.05, 3.63) is 82.4 Å². The first-order valence-corrected chi connectivity index (χ1v) is 15.6. The highest BCUT2D eigenvalue weighted by atomic mass is 35.5. The highest BCUT2D eigenvalue weighted by molar-refractivity contribution is 6.30. The van der Waals surface area contributed by atoms with Crippen molar-refractivity contribution in [1.82, 2.24) is 4.90 Å². The Kier molecular flexibility index (Phi) is 9.50. The van der Waals surface area contributed by atoms with Gasteiger partial charge in [0.15, 0.2) is 11.5 Å². The van der Waals surface area contributed by atoms with E-state index in [1.807, 2.05) is 65.3 Å². The first kappa shape index (κ1) is 30.7. The number of amides is 2. The van der Waals surface area contributed by atoms with Crippen LogP contribution >= 0.6 is 11.6 Å². The molecule has 0 bridgehead atoms. The number of methoxy groups -OCH3 is 1. The van der Waals surface area contributed by atoms with Crippen LogP contribution in [-0.2, 0) is 16.0 Å². The van der Waals surface area contributed by atoms with Crippen LogP contribution in [0.1, 0.15) is 62.8 Å². The highest BCUT2D eigenvalue weighted by Crippen LogP contribution is 2.44. The van der Waals surface area contributed by atoms with E-state index in [0.29, 0.717) is 22.4 Å².